The van der Waals surface area contributed by atoms with Gasteiger partial charge in [0.2, 0.25) is 5.91 Å². The van der Waals surface area contributed by atoms with Gasteiger partial charge in [0, 0.05) is 12.3 Å². The van der Waals surface area contributed by atoms with Crippen molar-refractivity contribution in [3.8, 4) is 11.5 Å². The lowest BCUT2D eigenvalue weighted by molar-refractivity contribution is -0.173. The number of aromatic nitrogens is 2. The number of nitrogens with one attached hydrogen (secondary N) is 2. The summed E-state index contributed by atoms with van der Waals surface area (Å²) in [5.74, 6) is -2.31. The molecule has 4 atom stereocenters. The molecule has 1 unspecified atom stereocenters. The molecule has 176 valence electrons. The van der Waals surface area contributed by atoms with E-state index in [1.54, 1.807) is 31.3 Å². The molecule has 3 aromatic rings. The number of urea groups is 1. The van der Waals surface area contributed by atoms with Gasteiger partial charge in [-0.05, 0) is 42.7 Å². The van der Waals surface area contributed by atoms with E-state index in [2.05, 4.69) is 15.5 Å². The zero-order valence-corrected chi connectivity index (χ0v) is 18.2. The number of aromatic amines is 1. The van der Waals surface area contributed by atoms with Gasteiger partial charge in [0.25, 0.3) is 0 Å². The number of hydrogen-bond acceptors (Lipinski definition) is 6. The Morgan fingerprint density at radius 1 is 1.29 bits per heavy atom. The smallest absolute Gasteiger partial charge is 0.404 e. The maximum absolute atomic E-state index is 13.9. The Labute approximate surface area is 192 Å². The van der Waals surface area contributed by atoms with Crippen LogP contribution in [0.25, 0.3) is 10.9 Å². The van der Waals surface area contributed by atoms with Crippen molar-refractivity contribution in [3.05, 3.63) is 53.7 Å². The van der Waals surface area contributed by atoms with E-state index in [4.69, 9.17) is 9.47 Å². The third kappa shape index (κ3) is 3.58. The highest BCUT2D eigenvalue weighted by Gasteiger charge is 2.55. The van der Waals surface area contributed by atoms with Gasteiger partial charge in [-0.2, -0.15) is 9.49 Å². The number of alkyl halides is 1. The zero-order valence-electron chi connectivity index (χ0n) is 18.2. The number of rotatable bonds is 5. The third-order valence-corrected chi connectivity index (χ3v) is 6.09. The number of carbonyl (C=O) groups excluding carboxylic acids is 2. The number of ether oxygens (including phenoxy) is 2. The second-order valence-electron chi connectivity index (χ2n) is 8.47. The predicted molar refractivity (Wildman–Crippen MR) is 116 cm³/mol. The lowest BCUT2D eigenvalue weighted by Gasteiger charge is -2.43. The lowest BCUT2D eigenvalue weighted by Crippen LogP contribution is -2.68. The van der Waals surface area contributed by atoms with Crippen molar-refractivity contribution in [2.45, 2.75) is 38.4 Å². The molecule has 1 fully saturated rings. The Bertz CT molecular complexity index is 1320. The number of aliphatic carboxylic acids is 1. The van der Waals surface area contributed by atoms with E-state index in [9.17, 15) is 23.9 Å². The van der Waals surface area contributed by atoms with Gasteiger partial charge in [-0.3, -0.25) is 9.89 Å². The highest BCUT2D eigenvalue weighted by molar-refractivity contribution is 6.07. The molecule has 5 rings (SSSR count). The minimum Gasteiger partial charge on any atom is -0.480 e. The first-order valence-electron chi connectivity index (χ1n) is 10.6. The fraction of sp³-hybridized carbons (Fsp3) is 0.304. The van der Waals surface area contributed by atoms with Crippen LogP contribution in [0.4, 0.5) is 9.18 Å². The largest absolute Gasteiger partial charge is 0.480 e. The van der Waals surface area contributed by atoms with Crippen molar-refractivity contribution in [2.24, 2.45) is 5.92 Å². The molecule has 0 saturated carbocycles. The van der Waals surface area contributed by atoms with Gasteiger partial charge in [-0.1, -0.05) is 18.2 Å². The number of amides is 3. The van der Waals surface area contributed by atoms with Crippen LogP contribution in [0.1, 0.15) is 31.0 Å². The number of hydrogen-bond donors (Lipinski definition) is 3. The number of nitrogens with zero attached hydrogens (tertiary/aromatic N) is 2. The normalized spacial score (nSPS) is 24.1. The summed E-state index contributed by atoms with van der Waals surface area (Å²) in [6.45, 7) is 2.78. The van der Waals surface area contributed by atoms with Crippen LogP contribution in [0.15, 0.2) is 42.6 Å². The van der Waals surface area contributed by atoms with Crippen LogP contribution in [0, 0.1) is 5.92 Å². The number of benzene rings is 2. The van der Waals surface area contributed by atoms with Crippen LogP contribution in [-0.2, 0) is 16.0 Å². The van der Waals surface area contributed by atoms with Crippen molar-refractivity contribution < 1.29 is 33.4 Å². The van der Waals surface area contributed by atoms with Gasteiger partial charge in [-0.15, -0.1) is 0 Å². The molecule has 3 amide bonds. The first kappa shape index (κ1) is 21.7. The van der Waals surface area contributed by atoms with E-state index < -0.39 is 42.0 Å². The van der Waals surface area contributed by atoms with Gasteiger partial charge in [0.15, 0.2) is 17.5 Å². The SMILES string of the molecule is C[C@@H](NC(=O)N1C(=O)[C@H](Cc2cccc3[nH]ncc23)[C@H]1C(=O)O)c1ccc2c(c1)OC(C)(F)O2. The van der Waals surface area contributed by atoms with Gasteiger partial charge in [0.1, 0.15) is 0 Å². The number of H-pyrrole nitrogens is 1. The van der Waals surface area contributed by atoms with E-state index in [1.165, 1.54) is 12.1 Å². The summed E-state index contributed by atoms with van der Waals surface area (Å²) < 4.78 is 24.0. The van der Waals surface area contributed by atoms with Crippen LogP contribution < -0.4 is 14.8 Å². The lowest BCUT2D eigenvalue weighted by atomic mass is 9.82. The van der Waals surface area contributed by atoms with Gasteiger partial charge in [0.05, 0.1) is 23.7 Å². The van der Waals surface area contributed by atoms with E-state index >= 15 is 0 Å². The molecule has 0 spiro atoms. The Morgan fingerprint density at radius 3 is 2.82 bits per heavy atom. The summed E-state index contributed by atoms with van der Waals surface area (Å²) in [6.07, 6.45) is 1.78. The maximum Gasteiger partial charge on any atom is 0.404 e. The topological polar surface area (TPSA) is 134 Å². The fourth-order valence-corrected chi connectivity index (χ4v) is 4.41. The van der Waals surface area contributed by atoms with E-state index in [0.29, 0.717) is 5.56 Å². The monoisotopic (exact) mass is 468 g/mol. The first-order valence-corrected chi connectivity index (χ1v) is 10.6. The number of halogens is 1. The average molecular weight is 468 g/mol. The molecule has 34 heavy (non-hydrogen) atoms. The zero-order chi connectivity index (χ0) is 24.2. The molecule has 1 aromatic heterocycles. The molecule has 0 radical (unpaired) electrons. The number of imide groups is 1. The van der Waals surface area contributed by atoms with E-state index in [0.717, 1.165) is 28.3 Å². The molecule has 11 heteroatoms. The summed E-state index contributed by atoms with van der Waals surface area (Å²) in [4.78, 5) is 38.3. The molecule has 0 bridgehead atoms. The van der Waals surface area contributed by atoms with Crippen molar-refractivity contribution in [2.75, 3.05) is 0 Å². The molecule has 3 heterocycles. The summed E-state index contributed by atoms with van der Waals surface area (Å²) >= 11 is 0. The van der Waals surface area contributed by atoms with E-state index in [1.807, 2.05) is 6.07 Å². The minimum absolute atomic E-state index is 0.163. The van der Waals surface area contributed by atoms with Gasteiger partial charge < -0.3 is 19.9 Å². The molecule has 2 aliphatic rings. The minimum atomic E-state index is -2.28. The van der Waals surface area contributed by atoms with Crippen LogP contribution in [0.3, 0.4) is 0 Å². The number of fused-ring (bicyclic) bond motifs is 2. The van der Waals surface area contributed by atoms with Crippen LogP contribution in [-0.4, -0.2) is 50.2 Å². The molecule has 3 N–H and O–H groups in total. The first-order chi connectivity index (χ1) is 16.1. The highest BCUT2D eigenvalue weighted by Crippen LogP contribution is 2.41. The molecular formula is C23H21FN4O6. The van der Waals surface area contributed by atoms with E-state index in [-0.39, 0.29) is 17.9 Å². The standard InChI is InChI=1S/C23H21FN4O6/c1-11(12-6-7-17-18(9-12)34-23(2,24)33-17)26-22(32)28-19(21(30)31)14(20(28)29)8-13-4-3-5-16-15(13)10-25-27-16/h3-7,9-11,14,19H,8H2,1-2H3,(H,25,27)(H,26,32)(H,30,31)/t11-,14-,19+,23?/m1/s1. The Morgan fingerprint density at radius 2 is 2.06 bits per heavy atom. The highest BCUT2D eigenvalue weighted by atomic mass is 19.2. The number of carbonyl (C=O) groups is 3. The van der Waals surface area contributed by atoms with Crippen LogP contribution >= 0.6 is 0 Å². The predicted octanol–water partition coefficient (Wildman–Crippen LogP) is 2.90. The van der Waals surface area contributed by atoms with Crippen molar-refractivity contribution in [1.29, 1.82) is 0 Å². The Kier molecular flexibility index (Phi) is 4.92. The molecular weight excluding hydrogens is 447 g/mol. The average Bonchev–Trinajstić information content (AvgIpc) is 3.37. The number of β-lactam (4-membered cyclic amide) rings is 1. The van der Waals surface area contributed by atoms with Gasteiger partial charge in [-0.25, -0.2) is 14.5 Å². The molecule has 2 aliphatic heterocycles. The number of carboxylic acids is 1. The van der Waals surface area contributed by atoms with Crippen molar-refractivity contribution in [1.82, 2.24) is 20.4 Å². The van der Waals surface area contributed by atoms with Crippen molar-refractivity contribution >= 4 is 28.8 Å². The molecule has 1 saturated heterocycles. The Hall–Kier alpha value is -4.15. The van der Waals surface area contributed by atoms with Crippen LogP contribution in [0.2, 0.25) is 0 Å². The van der Waals surface area contributed by atoms with Gasteiger partial charge >= 0.3 is 18.0 Å². The summed E-state index contributed by atoms with van der Waals surface area (Å²) in [6, 6.07) is 5.06. The summed E-state index contributed by atoms with van der Waals surface area (Å²) in [5, 5.41) is 20.0. The summed E-state index contributed by atoms with van der Waals surface area (Å²) in [7, 11) is 0. The summed E-state index contributed by atoms with van der Waals surface area (Å²) in [5.41, 5.74) is 2.11. The van der Waals surface area contributed by atoms with Crippen molar-refractivity contribution in [3.63, 3.8) is 0 Å². The number of likely N-dealkylation sites (tertiary alicyclic amines) is 1. The molecule has 10 nitrogen and oxygen atoms in total. The molecule has 2 aromatic carbocycles. The third-order valence-electron chi connectivity index (χ3n) is 6.09. The second-order valence-corrected chi connectivity index (χ2v) is 8.47. The van der Waals surface area contributed by atoms with Crippen LogP contribution in [0.5, 0.6) is 11.5 Å². The number of carboxylic acid groups (broad SMARTS) is 1. The molecule has 0 aliphatic carbocycles. The maximum atomic E-state index is 13.9. The second kappa shape index (κ2) is 7.72. The fourth-order valence-electron chi connectivity index (χ4n) is 4.41. The quantitative estimate of drug-likeness (QED) is 0.490. The Balaban J connectivity index is 1.30.